The number of halogens is 1. The van der Waals surface area contributed by atoms with E-state index >= 15 is 0 Å². The van der Waals surface area contributed by atoms with Crippen LogP contribution in [-0.2, 0) is 0 Å². The molecular weight excluding hydrogens is 273 g/mol. The summed E-state index contributed by atoms with van der Waals surface area (Å²) in [6.07, 6.45) is 0. The summed E-state index contributed by atoms with van der Waals surface area (Å²) in [7, 11) is 3.05. The van der Waals surface area contributed by atoms with Gasteiger partial charge in [-0.3, -0.25) is 4.79 Å². The highest BCUT2D eigenvalue weighted by Crippen LogP contribution is 2.29. The van der Waals surface area contributed by atoms with Gasteiger partial charge in [0.25, 0.3) is 5.91 Å². The van der Waals surface area contributed by atoms with Crippen LogP contribution in [0.5, 0.6) is 11.5 Å². The summed E-state index contributed by atoms with van der Waals surface area (Å²) < 4.78 is 23.6. The van der Waals surface area contributed by atoms with Crippen LogP contribution in [0.2, 0.25) is 0 Å². The summed E-state index contributed by atoms with van der Waals surface area (Å²) in [5.41, 5.74) is 1.28. The van der Waals surface area contributed by atoms with Gasteiger partial charge < -0.3 is 14.8 Å². The summed E-state index contributed by atoms with van der Waals surface area (Å²) in [5, 5.41) is 2.73. The molecular formula is C16H16FNO3. The Morgan fingerprint density at radius 3 is 2.48 bits per heavy atom. The lowest BCUT2D eigenvalue weighted by Gasteiger charge is -2.12. The van der Waals surface area contributed by atoms with Crippen molar-refractivity contribution in [1.82, 2.24) is 0 Å². The zero-order valence-corrected chi connectivity index (χ0v) is 12.1. The third-order valence-corrected chi connectivity index (χ3v) is 3.07. The molecule has 0 spiro atoms. The molecule has 0 radical (unpaired) electrons. The van der Waals surface area contributed by atoms with Gasteiger partial charge in [0.1, 0.15) is 17.3 Å². The van der Waals surface area contributed by atoms with Gasteiger partial charge in [-0.2, -0.15) is 0 Å². The molecule has 0 fully saturated rings. The summed E-state index contributed by atoms with van der Waals surface area (Å²) in [6, 6.07) is 9.29. The molecule has 2 aromatic rings. The molecule has 0 heterocycles. The van der Waals surface area contributed by atoms with E-state index < -0.39 is 0 Å². The number of anilines is 1. The van der Waals surface area contributed by atoms with Crippen LogP contribution in [0.3, 0.4) is 0 Å². The number of hydrogen-bond acceptors (Lipinski definition) is 3. The summed E-state index contributed by atoms with van der Waals surface area (Å²) in [6.45, 7) is 1.61. The average molecular weight is 289 g/mol. The molecule has 1 N–H and O–H groups in total. The Hall–Kier alpha value is -2.56. The fraction of sp³-hybridized carbons (Fsp3) is 0.188. The molecule has 21 heavy (non-hydrogen) atoms. The van der Waals surface area contributed by atoms with Crippen molar-refractivity contribution in [2.45, 2.75) is 6.92 Å². The first-order chi connectivity index (χ1) is 10.0. The number of rotatable bonds is 4. The minimum Gasteiger partial charge on any atom is -0.497 e. The Morgan fingerprint density at radius 2 is 1.86 bits per heavy atom. The van der Waals surface area contributed by atoms with Gasteiger partial charge in [0.2, 0.25) is 0 Å². The van der Waals surface area contributed by atoms with Crippen LogP contribution in [0.25, 0.3) is 0 Å². The molecule has 0 bridgehead atoms. The lowest BCUT2D eigenvalue weighted by atomic mass is 10.1. The number of aryl methyl sites for hydroxylation is 1. The van der Waals surface area contributed by atoms with Gasteiger partial charge in [-0.05, 0) is 42.8 Å². The third-order valence-electron chi connectivity index (χ3n) is 3.07. The van der Waals surface area contributed by atoms with E-state index in [2.05, 4.69) is 5.32 Å². The maximum absolute atomic E-state index is 13.2. The number of methoxy groups -OCH3 is 2. The van der Waals surface area contributed by atoms with Crippen LogP contribution in [-0.4, -0.2) is 20.1 Å². The number of nitrogens with one attached hydrogen (secondary N) is 1. The van der Waals surface area contributed by atoms with Crippen molar-refractivity contribution < 1.29 is 18.7 Å². The highest BCUT2D eigenvalue weighted by Gasteiger charge is 2.12. The zero-order valence-electron chi connectivity index (χ0n) is 12.1. The summed E-state index contributed by atoms with van der Waals surface area (Å²) >= 11 is 0. The molecule has 0 saturated carbocycles. The van der Waals surface area contributed by atoms with Crippen LogP contribution in [0.15, 0.2) is 36.4 Å². The molecule has 0 aliphatic heterocycles. The van der Waals surface area contributed by atoms with E-state index in [-0.39, 0.29) is 11.7 Å². The average Bonchev–Trinajstić information content (AvgIpc) is 2.49. The Bertz CT molecular complexity index is 671. The molecule has 0 aliphatic rings. The summed E-state index contributed by atoms with van der Waals surface area (Å²) in [5.74, 6) is 0.430. The van der Waals surface area contributed by atoms with Gasteiger partial charge in [0.05, 0.1) is 19.9 Å². The molecule has 0 aromatic heterocycles. The second-order valence-corrected chi connectivity index (χ2v) is 4.48. The van der Waals surface area contributed by atoms with Crippen molar-refractivity contribution in [3.63, 3.8) is 0 Å². The minimum atomic E-state index is -0.343. The van der Waals surface area contributed by atoms with Gasteiger partial charge in [0, 0.05) is 11.6 Å². The molecule has 2 aromatic carbocycles. The molecule has 0 unspecified atom stereocenters. The summed E-state index contributed by atoms with van der Waals surface area (Å²) in [4.78, 5) is 12.2. The number of hydrogen-bond donors (Lipinski definition) is 1. The number of ether oxygens (including phenoxy) is 2. The van der Waals surface area contributed by atoms with E-state index in [0.29, 0.717) is 28.3 Å². The topological polar surface area (TPSA) is 47.6 Å². The molecule has 0 atom stereocenters. The number of benzene rings is 2. The highest BCUT2D eigenvalue weighted by molar-refractivity contribution is 6.05. The monoisotopic (exact) mass is 289 g/mol. The van der Waals surface area contributed by atoms with E-state index in [1.165, 1.54) is 32.4 Å². The molecule has 2 rings (SSSR count). The first-order valence-corrected chi connectivity index (χ1v) is 6.34. The Labute approximate surface area is 122 Å². The number of amides is 1. The number of carbonyl (C=O) groups excluding carboxylic acids is 1. The van der Waals surface area contributed by atoms with Crippen LogP contribution < -0.4 is 14.8 Å². The van der Waals surface area contributed by atoms with Crippen LogP contribution in [0, 0.1) is 12.7 Å². The molecule has 5 heteroatoms. The predicted molar refractivity (Wildman–Crippen MR) is 78.6 cm³/mol. The second-order valence-electron chi connectivity index (χ2n) is 4.48. The molecule has 4 nitrogen and oxygen atoms in total. The second kappa shape index (κ2) is 6.26. The molecule has 0 aliphatic carbocycles. The van der Waals surface area contributed by atoms with Crippen LogP contribution >= 0.6 is 0 Å². The van der Waals surface area contributed by atoms with Crippen molar-refractivity contribution in [1.29, 1.82) is 0 Å². The van der Waals surface area contributed by atoms with E-state index in [1.807, 2.05) is 0 Å². The fourth-order valence-corrected chi connectivity index (χ4v) is 1.89. The van der Waals surface area contributed by atoms with Crippen molar-refractivity contribution in [3.8, 4) is 11.5 Å². The van der Waals surface area contributed by atoms with Crippen molar-refractivity contribution in [2.75, 3.05) is 19.5 Å². The predicted octanol–water partition coefficient (Wildman–Crippen LogP) is 3.40. The van der Waals surface area contributed by atoms with Gasteiger partial charge >= 0.3 is 0 Å². The third kappa shape index (κ3) is 3.31. The molecule has 0 saturated heterocycles. The van der Waals surface area contributed by atoms with Gasteiger partial charge in [0.15, 0.2) is 0 Å². The lowest BCUT2D eigenvalue weighted by molar-refractivity contribution is 0.102. The van der Waals surface area contributed by atoms with E-state index in [0.717, 1.165) is 0 Å². The minimum absolute atomic E-state index is 0.342. The van der Waals surface area contributed by atoms with Gasteiger partial charge in [-0.1, -0.05) is 0 Å². The zero-order chi connectivity index (χ0) is 15.4. The first kappa shape index (κ1) is 14.8. The first-order valence-electron chi connectivity index (χ1n) is 6.34. The standard InChI is InChI=1S/C16H16FNO3/c1-10-8-11(4-6-13(10)17)16(19)18-14-9-12(20-2)5-7-15(14)21-3/h4-9H,1-3H3,(H,18,19). The Balaban J connectivity index is 2.28. The quantitative estimate of drug-likeness (QED) is 0.938. The van der Waals surface area contributed by atoms with Crippen molar-refractivity contribution >= 4 is 11.6 Å². The Kier molecular flexibility index (Phi) is 4.42. The molecule has 1 amide bonds. The SMILES string of the molecule is COc1ccc(OC)c(NC(=O)c2ccc(F)c(C)c2)c1. The van der Waals surface area contributed by atoms with Crippen molar-refractivity contribution in [2.24, 2.45) is 0 Å². The maximum Gasteiger partial charge on any atom is 0.255 e. The highest BCUT2D eigenvalue weighted by atomic mass is 19.1. The maximum atomic E-state index is 13.2. The van der Waals surface area contributed by atoms with Gasteiger partial charge in [-0.25, -0.2) is 4.39 Å². The normalized spacial score (nSPS) is 10.1. The molecule has 110 valence electrons. The van der Waals surface area contributed by atoms with Crippen LogP contribution in [0.1, 0.15) is 15.9 Å². The lowest BCUT2D eigenvalue weighted by Crippen LogP contribution is -2.13. The van der Waals surface area contributed by atoms with Crippen molar-refractivity contribution in [3.05, 3.63) is 53.3 Å². The van der Waals surface area contributed by atoms with E-state index in [1.54, 1.807) is 25.1 Å². The largest absolute Gasteiger partial charge is 0.497 e. The van der Waals surface area contributed by atoms with Crippen LogP contribution in [0.4, 0.5) is 10.1 Å². The van der Waals surface area contributed by atoms with E-state index in [9.17, 15) is 9.18 Å². The fourth-order valence-electron chi connectivity index (χ4n) is 1.89. The van der Waals surface area contributed by atoms with Gasteiger partial charge in [-0.15, -0.1) is 0 Å². The van der Waals surface area contributed by atoms with E-state index in [4.69, 9.17) is 9.47 Å². The number of carbonyl (C=O) groups is 1. The Morgan fingerprint density at radius 1 is 1.10 bits per heavy atom. The smallest absolute Gasteiger partial charge is 0.255 e.